The molecule has 0 atom stereocenters. The number of benzene rings is 1. The molecule has 104 valence electrons. The number of carbonyl (C=O) groups is 1. The average Bonchev–Trinajstić information content (AvgIpc) is 2.37. The third-order valence-electron chi connectivity index (χ3n) is 3.89. The van der Waals surface area contributed by atoms with Crippen molar-refractivity contribution in [3.8, 4) is 5.75 Å². The normalized spacial score (nSPS) is 16.8. The van der Waals surface area contributed by atoms with Crippen LogP contribution < -0.4 is 10.1 Å². The van der Waals surface area contributed by atoms with Gasteiger partial charge in [0.15, 0.2) is 5.60 Å². The van der Waals surface area contributed by atoms with Crippen LogP contribution in [-0.4, -0.2) is 11.5 Å². The number of fused-ring (bicyclic) bond motifs is 1. The van der Waals surface area contributed by atoms with E-state index in [0.717, 1.165) is 17.9 Å². The topological polar surface area (TPSA) is 38.3 Å². The molecule has 0 radical (unpaired) electrons. The van der Waals surface area contributed by atoms with Gasteiger partial charge in [-0.15, -0.1) is 0 Å². The highest BCUT2D eigenvalue weighted by atomic mass is 16.5. The number of ether oxygens (including phenoxy) is 1. The predicted octanol–water partition coefficient (Wildman–Crippen LogP) is 3.77. The molecule has 3 heteroatoms. The molecule has 0 aliphatic carbocycles. The molecule has 1 aromatic rings. The van der Waals surface area contributed by atoms with E-state index in [2.05, 4.69) is 31.3 Å². The number of carbonyl (C=O) groups excluding carboxylic acids is 1. The first kappa shape index (κ1) is 13.9. The summed E-state index contributed by atoms with van der Waals surface area (Å²) in [5.74, 6) is 1.41. The van der Waals surface area contributed by atoms with E-state index in [1.165, 1.54) is 18.4 Å². The highest BCUT2D eigenvalue weighted by molar-refractivity contribution is 6.00. The third kappa shape index (κ3) is 2.91. The van der Waals surface area contributed by atoms with E-state index >= 15 is 0 Å². The van der Waals surface area contributed by atoms with Crippen molar-refractivity contribution in [1.29, 1.82) is 0 Å². The third-order valence-corrected chi connectivity index (χ3v) is 3.89. The van der Waals surface area contributed by atoms with E-state index in [1.807, 2.05) is 6.07 Å². The molecule has 0 unspecified atom stereocenters. The van der Waals surface area contributed by atoms with Crippen molar-refractivity contribution in [2.45, 2.75) is 52.6 Å². The lowest BCUT2D eigenvalue weighted by Crippen LogP contribution is -2.45. The Balaban J connectivity index is 2.22. The number of hydrogen-bond acceptors (Lipinski definition) is 2. The summed E-state index contributed by atoms with van der Waals surface area (Å²) in [4.78, 5) is 11.8. The Kier molecular flexibility index (Phi) is 3.83. The second-order valence-corrected chi connectivity index (χ2v) is 5.78. The summed E-state index contributed by atoms with van der Waals surface area (Å²) in [6.45, 7) is 8.04. The molecule has 1 aromatic carbocycles. The molecule has 0 bridgehead atoms. The molecule has 19 heavy (non-hydrogen) atoms. The lowest BCUT2D eigenvalue weighted by atomic mass is 9.94. The molecular formula is C16H23NO2. The van der Waals surface area contributed by atoms with E-state index in [0.29, 0.717) is 5.92 Å². The van der Waals surface area contributed by atoms with Crippen molar-refractivity contribution in [2.24, 2.45) is 5.92 Å². The summed E-state index contributed by atoms with van der Waals surface area (Å²) in [7, 11) is 0. The maximum Gasteiger partial charge on any atom is 0.268 e. The molecule has 0 saturated carbocycles. The molecule has 3 nitrogen and oxygen atoms in total. The molecule has 0 spiro atoms. The van der Waals surface area contributed by atoms with Gasteiger partial charge in [0.25, 0.3) is 5.91 Å². The summed E-state index contributed by atoms with van der Waals surface area (Å²) in [5, 5.41) is 2.89. The zero-order valence-electron chi connectivity index (χ0n) is 12.2. The number of hydrogen-bond donors (Lipinski definition) is 1. The van der Waals surface area contributed by atoms with Crippen molar-refractivity contribution in [3.05, 3.63) is 23.8 Å². The smallest absolute Gasteiger partial charge is 0.268 e. The molecule has 1 N–H and O–H groups in total. The lowest BCUT2D eigenvalue weighted by Gasteiger charge is -2.32. The molecule has 1 aliphatic rings. The van der Waals surface area contributed by atoms with Crippen LogP contribution in [0, 0.1) is 5.92 Å². The first-order chi connectivity index (χ1) is 8.96. The van der Waals surface area contributed by atoms with Crippen LogP contribution in [0.15, 0.2) is 18.2 Å². The Morgan fingerprint density at radius 2 is 1.95 bits per heavy atom. The van der Waals surface area contributed by atoms with E-state index in [-0.39, 0.29) is 5.91 Å². The standard InChI is InChI=1S/C16H23NO2/c1-5-11(6-2)9-12-7-8-13-14(10-12)19-16(3,4)15(18)17-13/h7-8,10-11H,5-6,9H2,1-4H3,(H,17,18). The summed E-state index contributed by atoms with van der Waals surface area (Å²) >= 11 is 0. The van der Waals surface area contributed by atoms with Gasteiger partial charge in [-0.25, -0.2) is 0 Å². The Labute approximate surface area is 115 Å². The van der Waals surface area contributed by atoms with Crippen molar-refractivity contribution >= 4 is 11.6 Å². The van der Waals surface area contributed by atoms with Crippen molar-refractivity contribution in [2.75, 3.05) is 5.32 Å². The Morgan fingerprint density at radius 3 is 2.58 bits per heavy atom. The second kappa shape index (κ2) is 5.24. The SMILES string of the molecule is CCC(CC)Cc1ccc2c(c1)OC(C)(C)C(=O)N2. The van der Waals surface area contributed by atoms with E-state index < -0.39 is 5.60 Å². The number of amides is 1. The largest absolute Gasteiger partial charge is 0.476 e. The van der Waals surface area contributed by atoms with Crippen molar-refractivity contribution in [1.82, 2.24) is 0 Å². The van der Waals surface area contributed by atoms with Crippen molar-refractivity contribution < 1.29 is 9.53 Å². The quantitative estimate of drug-likeness (QED) is 0.895. The fourth-order valence-electron chi connectivity index (χ4n) is 2.39. The van der Waals surface area contributed by atoms with E-state index in [4.69, 9.17) is 4.74 Å². The molecule has 1 amide bonds. The van der Waals surface area contributed by atoms with Crippen LogP contribution >= 0.6 is 0 Å². The van der Waals surface area contributed by atoms with Gasteiger partial charge in [-0.3, -0.25) is 4.79 Å². The van der Waals surface area contributed by atoms with Gasteiger partial charge in [-0.05, 0) is 43.9 Å². The number of nitrogens with one attached hydrogen (secondary N) is 1. The van der Waals surface area contributed by atoms with Crippen LogP contribution in [0.3, 0.4) is 0 Å². The van der Waals surface area contributed by atoms with Gasteiger partial charge in [0.05, 0.1) is 5.69 Å². The molecular weight excluding hydrogens is 238 g/mol. The fraction of sp³-hybridized carbons (Fsp3) is 0.562. The highest BCUT2D eigenvalue weighted by Gasteiger charge is 2.35. The maximum atomic E-state index is 11.8. The molecule has 1 aliphatic heterocycles. The predicted molar refractivity (Wildman–Crippen MR) is 77.6 cm³/mol. The second-order valence-electron chi connectivity index (χ2n) is 5.78. The average molecular weight is 261 g/mol. The fourth-order valence-corrected chi connectivity index (χ4v) is 2.39. The van der Waals surface area contributed by atoms with Crippen LogP contribution in [-0.2, 0) is 11.2 Å². The van der Waals surface area contributed by atoms with Gasteiger partial charge >= 0.3 is 0 Å². The van der Waals surface area contributed by atoms with Gasteiger partial charge in [0, 0.05) is 0 Å². The van der Waals surface area contributed by atoms with Gasteiger partial charge in [0.1, 0.15) is 5.75 Å². The zero-order valence-corrected chi connectivity index (χ0v) is 12.2. The van der Waals surface area contributed by atoms with Crippen LogP contribution in [0.25, 0.3) is 0 Å². The molecule has 0 aromatic heterocycles. The number of rotatable bonds is 4. The summed E-state index contributed by atoms with van der Waals surface area (Å²) < 4.78 is 5.81. The molecule has 0 saturated heterocycles. The summed E-state index contributed by atoms with van der Waals surface area (Å²) in [6.07, 6.45) is 3.45. The van der Waals surface area contributed by atoms with E-state index in [9.17, 15) is 4.79 Å². The molecule has 1 heterocycles. The monoisotopic (exact) mass is 261 g/mol. The Morgan fingerprint density at radius 1 is 1.26 bits per heavy atom. The van der Waals surface area contributed by atoms with Gasteiger partial charge in [0.2, 0.25) is 0 Å². The molecule has 0 fully saturated rings. The van der Waals surface area contributed by atoms with Crippen LogP contribution in [0.2, 0.25) is 0 Å². The van der Waals surface area contributed by atoms with Crippen molar-refractivity contribution in [3.63, 3.8) is 0 Å². The first-order valence-corrected chi connectivity index (χ1v) is 7.09. The van der Waals surface area contributed by atoms with Gasteiger partial charge in [-0.2, -0.15) is 0 Å². The summed E-state index contributed by atoms with van der Waals surface area (Å²) in [6, 6.07) is 6.09. The van der Waals surface area contributed by atoms with Gasteiger partial charge in [-0.1, -0.05) is 32.8 Å². The maximum absolute atomic E-state index is 11.8. The Hall–Kier alpha value is -1.51. The summed E-state index contributed by atoms with van der Waals surface area (Å²) in [5.41, 5.74) is 1.26. The van der Waals surface area contributed by atoms with Crippen LogP contribution in [0.4, 0.5) is 5.69 Å². The minimum absolute atomic E-state index is 0.0901. The zero-order chi connectivity index (χ0) is 14.0. The van der Waals surface area contributed by atoms with Crippen LogP contribution in [0.5, 0.6) is 5.75 Å². The number of anilines is 1. The highest BCUT2D eigenvalue weighted by Crippen LogP contribution is 2.34. The minimum Gasteiger partial charge on any atom is -0.476 e. The minimum atomic E-state index is -0.791. The molecule has 2 rings (SSSR count). The Bertz CT molecular complexity index is 476. The first-order valence-electron chi connectivity index (χ1n) is 7.09. The lowest BCUT2D eigenvalue weighted by molar-refractivity contribution is -0.129. The van der Waals surface area contributed by atoms with Crippen LogP contribution in [0.1, 0.15) is 46.1 Å². The van der Waals surface area contributed by atoms with Gasteiger partial charge < -0.3 is 10.1 Å². The van der Waals surface area contributed by atoms with E-state index in [1.54, 1.807) is 13.8 Å².